The van der Waals surface area contributed by atoms with Crippen molar-refractivity contribution < 1.29 is 56.4 Å². The van der Waals surface area contributed by atoms with Gasteiger partial charge in [0.25, 0.3) is 0 Å². The number of unbranched alkanes of at least 4 members (excludes halogenated alkanes) is 1. The van der Waals surface area contributed by atoms with Gasteiger partial charge >= 0.3 is 19.7 Å². The van der Waals surface area contributed by atoms with Crippen LogP contribution in [-0.2, 0) is 50.9 Å². The van der Waals surface area contributed by atoms with Crippen molar-refractivity contribution >= 4 is 49.0 Å². The number of carbonyl (C=O) groups is 3. The van der Waals surface area contributed by atoms with Crippen molar-refractivity contribution in [3.8, 4) is 11.5 Å². The third-order valence-corrected chi connectivity index (χ3v) is 14.0. The zero-order valence-electron chi connectivity index (χ0n) is 38.9. The van der Waals surface area contributed by atoms with Gasteiger partial charge < -0.3 is 70.2 Å². The van der Waals surface area contributed by atoms with E-state index in [1.807, 2.05) is 11.8 Å². The van der Waals surface area contributed by atoms with E-state index in [1.54, 1.807) is 95.8 Å². The van der Waals surface area contributed by atoms with E-state index >= 15 is 0 Å². The molecule has 0 radical (unpaired) electrons. The number of aliphatic imine (C=N–C) groups is 1. The molecular weight excluding hydrogens is 948 g/mol. The number of hydrogen-bond acceptors (Lipinski definition) is 16. The molecule has 2 aliphatic rings. The van der Waals surface area contributed by atoms with Crippen LogP contribution in [0, 0.1) is 0 Å². The van der Waals surface area contributed by atoms with Gasteiger partial charge in [-0.2, -0.15) is 11.8 Å². The molecule has 0 saturated carbocycles. The molecule has 24 heteroatoms. The van der Waals surface area contributed by atoms with Gasteiger partial charge in [-0.05, 0) is 54.8 Å². The highest BCUT2D eigenvalue weighted by atomic mass is 32.2. The Balaban J connectivity index is 0.774. The number of rotatable bonds is 33. The molecule has 3 heterocycles. The SMILES string of the molecule is NC(N)=Nc1ccc(C(NC(=O)OCCOCCOCc2cn(CCOCCOCCOCCNC(=O)CCCC[C@H]3SC[C@H]4NC(=O)N[C@H]43)nn2)P(=O)(Oc2ccccc2)Oc2ccccc2)cc1. The van der Waals surface area contributed by atoms with Gasteiger partial charge in [0.05, 0.1) is 96.6 Å². The number of benzene rings is 3. The molecule has 70 heavy (non-hydrogen) atoms. The van der Waals surface area contributed by atoms with Crippen LogP contribution in [-0.4, -0.2) is 135 Å². The maximum Gasteiger partial charge on any atom is 0.457 e. The summed E-state index contributed by atoms with van der Waals surface area (Å²) in [4.78, 5) is 40.9. The number of nitrogens with one attached hydrogen (secondary N) is 4. The Hall–Kier alpha value is -5.94. The van der Waals surface area contributed by atoms with Crippen LogP contribution in [0.15, 0.2) is 96.1 Å². The molecule has 1 unspecified atom stereocenters. The van der Waals surface area contributed by atoms with E-state index in [1.165, 1.54) is 0 Å². The number of fused-ring (bicyclic) bond motifs is 1. The first kappa shape index (κ1) is 53.4. The molecule has 2 saturated heterocycles. The largest absolute Gasteiger partial charge is 0.457 e. The third-order valence-electron chi connectivity index (χ3n) is 10.5. The lowest BCUT2D eigenvalue weighted by molar-refractivity contribution is -0.121. The Labute approximate surface area is 411 Å². The van der Waals surface area contributed by atoms with Crippen molar-refractivity contribution in [3.05, 3.63) is 102 Å². The van der Waals surface area contributed by atoms with Gasteiger partial charge in [-0.1, -0.05) is 60.2 Å². The van der Waals surface area contributed by atoms with Gasteiger partial charge in [0.15, 0.2) is 11.7 Å². The Morgan fingerprint density at radius 1 is 0.800 bits per heavy atom. The summed E-state index contributed by atoms with van der Waals surface area (Å²) in [5.74, 6) is 0.0136. The number of para-hydroxylation sites is 2. The van der Waals surface area contributed by atoms with Crippen LogP contribution in [0.2, 0.25) is 0 Å². The summed E-state index contributed by atoms with van der Waals surface area (Å²) in [5.41, 5.74) is 12.5. The van der Waals surface area contributed by atoms with Crippen LogP contribution < -0.4 is 41.8 Å². The average molecular weight is 1010 g/mol. The Morgan fingerprint density at radius 3 is 2.10 bits per heavy atom. The van der Waals surface area contributed by atoms with Crippen LogP contribution in [0.3, 0.4) is 0 Å². The number of ether oxygens (including phenoxy) is 6. The molecule has 0 bridgehead atoms. The van der Waals surface area contributed by atoms with Gasteiger partial charge in [0.1, 0.15) is 23.8 Å². The van der Waals surface area contributed by atoms with Crippen LogP contribution >= 0.6 is 19.4 Å². The monoisotopic (exact) mass is 1010 g/mol. The van der Waals surface area contributed by atoms with Crippen molar-refractivity contribution in [1.82, 2.24) is 36.3 Å². The Bertz CT molecular complexity index is 2220. The van der Waals surface area contributed by atoms with E-state index in [9.17, 15) is 18.9 Å². The van der Waals surface area contributed by atoms with Gasteiger partial charge in [-0.25, -0.2) is 23.8 Å². The van der Waals surface area contributed by atoms with E-state index in [-0.39, 0.29) is 74.5 Å². The number of alkyl carbamates (subject to hydrolysis) is 1. The second kappa shape index (κ2) is 29.3. The lowest BCUT2D eigenvalue weighted by atomic mass is 10.0. The summed E-state index contributed by atoms with van der Waals surface area (Å²) in [6.07, 6.45) is 4.12. The van der Waals surface area contributed by atoms with Crippen molar-refractivity contribution in [2.75, 3.05) is 78.4 Å². The quantitative estimate of drug-likeness (QED) is 0.0127. The first-order valence-corrected chi connectivity index (χ1v) is 25.7. The minimum Gasteiger partial charge on any atom is -0.447 e. The second-order valence-electron chi connectivity index (χ2n) is 15.9. The third kappa shape index (κ3) is 18.8. The Morgan fingerprint density at radius 2 is 1.43 bits per heavy atom. The first-order chi connectivity index (χ1) is 34.1. The fourth-order valence-electron chi connectivity index (χ4n) is 7.19. The standard InChI is InChI=1S/C46H63N10O12PS/c47-44(48)50-35-17-15-34(16-18-35)43(69(60,67-37-9-3-1-4-10-37)68-38-11-5-2-6-12-38)53-46(59)66-30-29-64-27-28-65-32-36-31-56(55-54-36)20-22-62-24-26-63-25-23-61-21-19-49-41(57)14-8-7-13-40-42-39(33-70-40)51-45(58)52-42/h1-6,9-12,15-18,31,39-40,42-43H,7-8,13-14,19-30,32-33H2,(H,49,57)(H,53,59)(H4,47,48,50)(H2,51,52,58)/t39-,40-,42-,43?/m1/s1. The van der Waals surface area contributed by atoms with Crippen LogP contribution in [0.25, 0.3) is 0 Å². The molecule has 4 aromatic rings. The molecule has 0 spiro atoms. The number of guanidine groups is 1. The topological polar surface area (TPSA) is 285 Å². The van der Waals surface area contributed by atoms with Gasteiger partial charge in [0.2, 0.25) is 5.91 Å². The summed E-state index contributed by atoms with van der Waals surface area (Å²) in [5, 5.41) is 20.2. The molecule has 2 aliphatic heterocycles. The average Bonchev–Trinajstić information content (AvgIpc) is 4.07. The highest BCUT2D eigenvalue weighted by Gasteiger charge is 2.43. The molecule has 4 atom stereocenters. The van der Waals surface area contributed by atoms with E-state index in [2.05, 4.69) is 36.6 Å². The number of urea groups is 1. The molecule has 0 aliphatic carbocycles. The lowest BCUT2D eigenvalue weighted by Crippen LogP contribution is -2.36. The normalized spacial score (nSPS) is 16.6. The van der Waals surface area contributed by atoms with E-state index < -0.39 is 19.5 Å². The molecular formula is C46H63N10O12PS. The second-order valence-corrected chi connectivity index (χ2v) is 19.1. The molecule has 2 fully saturated rings. The summed E-state index contributed by atoms with van der Waals surface area (Å²) < 4.78 is 61.9. The molecule has 380 valence electrons. The lowest BCUT2D eigenvalue weighted by Gasteiger charge is -2.28. The summed E-state index contributed by atoms with van der Waals surface area (Å²) in [6.45, 7) is 4.09. The summed E-state index contributed by atoms with van der Waals surface area (Å²) >= 11 is 1.89. The molecule has 22 nitrogen and oxygen atoms in total. The Kier molecular flexibility index (Phi) is 22.3. The maximum absolute atomic E-state index is 14.8. The summed E-state index contributed by atoms with van der Waals surface area (Å²) in [7, 11) is -4.28. The van der Waals surface area contributed by atoms with Crippen LogP contribution in [0.5, 0.6) is 11.5 Å². The fourth-order valence-corrected chi connectivity index (χ4v) is 10.6. The number of amides is 4. The zero-order valence-corrected chi connectivity index (χ0v) is 40.6. The maximum atomic E-state index is 14.8. The number of carbonyl (C=O) groups excluding carboxylic acids is 3. The zero-order chi connectivity index (χ0) is 49.2. The number of nitrogens with two attached hydrogens (primary N) is 2. The molecule has 6 rings (SSSR count). The van der Waals surface area contributed by atoms with Gasteiger partial charge in [0, 0.05) is 24.0 Å². The highest BCUT2D eigenvalue weighted by Crippen LogP contribution is 2.59. The van der Waals surface area contributed by atoms with E-state index in [0.29, 0.717) is 81.3 Å². The van der Waals surface area contributed by atoms with Crippen LogP contribution in [0.1, 0.15) is 42.7 Å². The predicted octanol–water partition coefficient (Wildman–Crippen LogP) is 4.38. The summed E-state index contributed by atoms with van der Waals surface area (Å²) in [6, 6.07) is 23.7. The minimum atomic E-state index is -4.28. The van der Waals surface area contributed by atoms with Crippen LogP contribution in [0.4, 0.5) is 15.3 Å². The number of hydrogen-bond donors (Lipinski definition) is 6. The van der Waals surface area contributed by atoms with Crippen molar-refractivity contribution in [1.29, 1.82) is 0 Å². The van der Waals surface area contributed by atoms with Crippen molar-refractivity contribution in [2.24, 2.45) is 16.5 Å². The molecule has 4 amide bonds. The minimum absolute atomic E-state index is 0.0182. The number of nitrogens with zero attached hydrogens (tertiary/aromatic N) is 4. The van der Waals surface area contributed by atoms with E-state index in [4.69, 9.17) is 48.9 Å². The number of thioether (sulfide) groups is 1. The molecule has 1 aromatic heterocycles. The van der Waals surface area contributed by atoms with Gasteiger partial charge in [-0.3, -0.25) is 4.79 Å². The fraction of sp³-hybridized carbons (Fsp3) is 0.478. The molecule has 3 aromatic carbocycles. The smallest absolute Gasteiger partial charge is 0.447 e. The van der Waals surface area contributed by atoms with Crippen molar-refractivity contribution in [3.63, 3.8) is 0 Å². The van der Waals surface area contributed by atoms with Crippen molar-refractivity contribution in [2.45, 2.75) is 62.0 Å². The first-order valence-electron chi connectivity index (χ1n) is 23.1. The van der Waals surface area contributed by atoms with E-state index in [0.717, 1.165) is 25.0 Å². The predicted molar refractivity (Wildman–Crippen MR) is 261 cm³/mol. The highest BCUT2D eigenvalue weighted by molar-refractivity contribution is 8.00. The van der Waals surface area contributed by atoms with Gasteiger partial charge in [-0.15, -0.1) is 5.10 Å². The number of aromatic nitrogens is 3. The molecule has 8 N–H and O–H groups in total.